The highest BCUT2D eigenvalue weighted by molar-refractivity contribution is 5.57. The largest absolute Gasteiger partial charge is 0.353 e. The fraction of sp³-hybridized carbons (Fsp3) is 0.471. The first kappa shape index (κ1) is 13.3. The van der Waals surface area contributed by atoms with Gasteiger partial charge in [-0.15, -0.1) is 0 Å². The minimum Gasteiger partial charge on any atom is -0.353 e. The van der Waals surface area contributed by atoms with Crippen LogP contribution in [0.3, 0.4) is 0 Å². The summed E-state index contributed by atoms with van der Waals surface area (Å²) in [7, 11) is 0. The lowest BCUT2D eigenvalue weighted by Crippen LogP contribution is -2.23. The van der Waals surface area contributed by atoms with E-state index >= 15 is 0 Å². The van der Waals surface area contributed by atoms with Gasteiger partial charge in [0.1, 0.15) is 11.9 Å². The summed E-state index contributed by atoms with van der Waals surface area (Å²) in [5, 5.41) is 13.9. The van der Waals surface area contributed by atoms with Gasteiger partial charge in [0.15, 0.2) is 0 Å². The maximum Gasteiger partial charge on any atom is 0.146 e. The average Bonchev–Trinajstić information content (AvgIpc) is 3.25. The van der Waals surface area contributed by atoms with E-state index < -0.39 is 0 Å². The zero-order valence-electron chi connectivity index (χ0n) is 12.8. The molecule has 0 radical (unpaired) electrons. The highest BCUT2D eigenvalue weighted by atomic mass is 15.3. The minimum atomic E-state index is 0.371. The quantitative estimate of drug-likeness (QED) is 0.853. The molecule has 3 heterocycles. The lowest BCUT2D eigenvalue weighted by molar-refractivity contribution is 0.494. The molecule has 0 spiro atoms. The Labute approximate surface area is 130 Å². The summed E-state index contributed by atoms with van der Waals surface area (Å²) in [4.78, 5) is 7.06. The Bertz CT molecular complexity index is 755. The summed E-state index contributed by atoms with van der Waals surface area (Å²) in [5.41, 5.74) is 4.36. The van der Waals surface area contributed by atoms with Crippen molar-refractivity contribution in [3.8, 4) is 6.07 Å². The van der Waals surface area contributed by atoms with Gasteiger partial charge in [-0.3, -0.25) is 4.68 Å². The molecule has 5 nitrogen and oxygen atoms in total. The lowest BCUT2D eigenvalue weighted by Gasteiger charge is -2.20. The van der Waals surface area contributed by atoms with E-state index in [4.69, 9.17) is 4.98 Å². The highest BCUT2D eigenvalue weighted by Crippen LogP contribution is 2.31. The second-order valence-corrected chi connectivity index (χ2v) is 6.32. The number of aromatic nitrogens is 3. The van der Waals surface area contributed by atoms with Gasteiger partial charge in [0, 0.05) is 25.0 Å². The van der Waals surface area contributed by atoms with E-state index in [1.54, 1.807) is 0 Å². The SMILES string of the molecule is Cc1cnn(C2CCN(c3nc4c(cc3C#N)CCC4)C2)c1. The molecule has 1 saturated heterocycles. The second kappa shape index (κ2) is 5.13. The van der Waals surface area contributed by atoms with Gasteiger partial charge in [0.05, 0.1) is 17.8 Å². The van der Waals surface area contributed by atoms with Crippen LogP contribution in [0.25, 0.3) is 0 Å². The fourth-order valence-corrected chi connectivity index (χ4v) is 3.57. The van der Waals surface area contributed by atoms with E-state index in [9.17, 15) is 5.26 Å². The van der Waals surface area contributed by atoms with E-state index in [2.05, 4.69) is 39.9 Å². The molecule has 1 atom stereocenters. The molecule has 2 aromatic rings. The number of hydrogen-bond acceptors (Lipinski definition) is 4. The standard InChI is InChI=1S/C17H19N5/c1-12-9-19-22(10-12)15-5-6-21(11-15)17-14(8-18)7-13-3-2-4-16(13)20-17/h7,9-10,15H,2-6,11H2,1H3. The molecule has 1 fully saturated rings. The van der Waals surface area contributed by atoms with Gasteiger partial charge >= 0.3 is 0 Å². The molecule has 0 N–H and O–H groups in total. The van der Waals surface area contributed by atoms with E-state index in [0.717, 1.165) is 50.2 Å². The van der Waals surface area contributed by atoms with Gasteiger partial charge in [-0.05, 0) is 49.8 Å². The first-order valence-corrected chi connectivity index (χ1v) is 7.93. The van der Waals surface area contributed by atoms with Crippen molar-refractivity contribution in [1.82, 2.24) is 14.8 Å². The first-order chi connectivity index (χ1) is 10.7. The molecule has 1 aliphatic carbocycles. The molecule has 1 unspecified atom stereocenters. The number of rotatable bonds is 2. The third kappa shape index (κ3) is 2.16. The van der Waals surface area contributed by atoms with Gasteiger partial charge in [-0.2, -0.15) is 10.4 Å². The molecule has 0 aromatic carbocycles. The molecule has 1 aliphatic heterocycles. The smallest absolute Gasteiger partial charge is 0.146 e. The first-order valence-electron chi connectivity index (χ1n) is 7.93. The second-order valence-electron chi connectivity index (χ2n) is 6.32. The normalized spacial score (nSPS) is 20.2. The van der Waals surface area contributed by atoms with Crippen molar-refractivity contribution in [1.29, 1.82) is 5.26 Å². The number of nitrogens with zero attached hydrogens (tertiary/aromatic N) is 5. The minimum absolute atomic E-state index is 0.371. The van der Waals surface area contributed by atoms with Crippen LogP contribution < -0.4 is 4.90 Å². The van der Waals surface area contributed by atoms with Gasteiger partial charge < -0.3 is 4.90 Å². The van der Waals surface area contributed by atoms with Crippen molar-refractivity contribution in [3.63, 3.8) is 0 Å². The maximum atomic E-state index is 9.46. The van der Waals surface area contributed by atoms with Gasteiger partial charge in [0.2, 0.25) is 0 Å². The Morgan fingerprint density at radius 2 is 2.27 bits per heavy atom. The zero-order chi connectivity index (χ0) is 15.1. The topological polar surface area (TPSA) is 57.7 Å². The number of nitriles is 1. The predicted octanol–water partition coefficient (Wildman–Crippen LogP) is 2.40. The molecule has 0 bridgehead atoms. The van der Waals surface area contributed by atoms with Crippen molar-refractivity contribution >= 4 is 5.82 Å². The number of hydrogen-bond donors (Lipinski definition) is 0. The molecule has 5 heteroatoms. The number of anilines is 1. The van der Waals surface area contributed by atoms with Crippen LogP contribution in [0.4, 0.5) is 5.82 Å². The molecule has 2 aromatic heterocycles. The summed E-state index contributed by atoms with van der Waals surface area (Å²) in [6, 6.07) is 4.76. The van der Waals surface area contributed by atoms with Crippen LogP contribution in [0.5, 0.6) is 0 Å². The van der Waals surface area contributed by atoms with Gasteiger partial charge in [-0.25, -0.2) is 4.98 Å². The third-order valence-corrected chi connectivity index (χ3v) is 4.72. The van der Waals surface area contributed by atoms with Gasteiger partial charge in [0.25, 0.3) is 0 Å². The molecule has 112 valence electrons. The predicted molar refractivity (Wildman–Crippen MR) is 83.8 cm³/mol. The molecule has 22 heavy (non-hydrogen) atoms. The van der Waals surface area contributed by atoms with Crippen molar-refractivity contribution in [3.05, 3.63) is 40.8 Å². The fourth-order valence-electron chi connectivity index (χ4n) is 3.57. The molecular formula is C17H19N5. The third-order valence-electron chi connectivity index (χ3n) is 4.72. The van der Waals surface area contributed by atoms with Crippen LogP contribution in [0.2, 0.25) is 0 Å². The molecule has 4 rings (SSSR count). The Balaban J connectivity index is 1.62. The van der Waals surface area contributed by atoms with E-state index in [-0.39, 0.29) is 0 Å². The Kier molecular flexibility index (Phi) is 3.11. The molecule has 2 aliphatic rings. The van der Waals surface area contributed by atoms with Crippen molar-refractivity contribution in [2.45, 2.75) is 38.6 Å². The van der Waals surface area contributed by atoms with Crippen molar-refractivity contribution in [2.75, 3.05) is 18.0 Å². The summed E-state index contributed by atoms with van der Waals surface area (Å²) >= 11 is 0. The van der Waals surface area contributed by atoms with Crippen LogP contribution in [0, 0.1) is 18.3 Å². The van der Waals surface area contributed by atoms with Crippen LogP contribution in [0.15, 0.2) is 18.5 Å². The Morgan fingerprint density at radius 1 is 1.36 bits per heavy atom. The monoisotopic (exact) mass is 293 g/mol. The zero-order valence-corrected chi connectivity index (χ0v) is 12.8. The molecule has 0 saturated carbocycles. The molecular weight excluding hydrogens is 274 g/mol. The summed E-state index contributed by atoms with van der Waals surface area (Å²) in [6.45, 7) is 3.87. The number of fused-ring (bicyclic) bond motifs is 1. The average molecular weight is 293 g/mol. The Hall–Kier alpha value is -2.35. The van der Waals surface area contributed by atoms with E-state index in [0.29, 0.717) is 6.04 Å². The molecule has 0 amide bonds. The summed E-state index contributed by atoms with van der Waals surface area (Å²) in [6.07, 6.45) is 8.30. The summed E-state index contributed by atoms with van der Waals surface area (Å²) in [5.74, 6) is 0.870. The van der Waals surface area contributed by atoms with E-state index in [1.165, 1.54) is 16.8 Å². The van der Waals surface area contributed by atoms with Crippen LogP contribution in [0.1, 0.15) is 41.3 Å². The number of pyridine rings is 1. The van der Waals surface area contributed by atoms with Crippen LogP contribution in [-0.2, 0) is 12.8 Å². The summed E-state index contributed by atoms with van der Waals surface area (Å²) < 4.78 is 2.05. The highest BCUT2D eigenvalue weighted by Gasteiger charge is 2.28. The number of aryl methyl sites for hydroxylation is 3. The lowest BCUT2D eigenvalue weighted by atomic mass is 10.1. The van der Waals surface area contributed by atoms with Gasteiger partial charge in [-0.1, -0.05) is 0 Å². The maximum absolute atomic E-state index is 9.46. The van der Waals surface area contributed by atoms with Crippen molar-refractivity contribution in [2.24, 2.45) is 0 Å². The van der Waals surface area contributed by atoms with E-state index in [1.807, 2.05) is 6.20 Å². The van der Waals surface area contributed by atoms with Crippen molar-refractivity contribution < 1.29 is 0 Å². The van der Waals surface area contributed by atoms with Crippen LogP contribution >= 0.6 is 0 Å². The Morgan fingerprint density at radius 3 is 3.05 bits per heavy atom. The van der Waals surface area contributed by atoms with Crippen LogP contribution in [-0.4, -0.2) is 27.9 Å².